The average Bonchev–Trinajstić information content (AvgIpc) is 2.67. The number of aromatic nitrogens is 2. The third kappa shape index (κ3) is 2.34. The van der Waals surface area contributed by atoms with E-state index in [1.165, 1.54) is 10.8 Å². The van der Waals surface area contributed by atoms with Gasteiger partial charge in [-0.2, -0.15) is 0 Å². The molecule has 116 valence electrons. The fourth-order valence-corrected chi connectivity index (χ4v) is 2.80. The van der Waals surface area contributed by atoms with E-state index in [-0.39, 0.29) is 11.6 Å². The number of H-pyrrole nitrogens is 1. The first-order valence-electron chi connectivity index (χ1n) is 7.00. The molecule has 2 fully saturated rings. The van der Waals surface area contributed by atoms with Gasteiger partial charge in [0.2, 0.25) is 0 Å². The Labute approximate surface area is 119 Å². The maximum Gasteiger partial charge on any atom is 0.328 e. The highest BCUT2D eigenvalue weighted by Gasteiger charge is 2.44. The fourth-order valence-electron chi connectivity index (χ4n) is 2.80. The van der Waals surface area contributed by atoms with Gasteiger partial charge in [-0.15, -0.1) is 0 Å². The number of hydrogen-bond acceptors (Lipinski definition) is 6. The SMILES string of the molecule is O=c1[nH]c(=O)n(C2CCC2)cc1[C@@H]1O[C@H](CO)C(O)C1O. The largest absolute Gasteiger partial charge is 0.394 e. The molecule has 2 aliphatic rings. The summed E-state index contributed by atoms with van der Waals surface area (Å²) in [4.78, 5) is 26.0. The Morgan fingerprint density at radius 1 is 1.29 bits per heavy atom. The monoisotopic (exact) mass is 298 g/mol. The van der Waals surface area contributed by atoms with Gasteiger partial charge in [0.25, 0.3) is 5.56 Å². The predicted molar refractivity (Wildman–Crippen MR) is 70.9 cm³/mol. The van der Waals surface area contributed by atoms with Crippen LogP contribution in [-0.4, -0.2) is 49.8 Å². The van der Waals surface area contributed by atoms with Crippen LogP contribution in [0.3, 0.4) is 0 Å². The van der Waals surface area contributed by atoms with Crippen LogP contribution >= 0.6 is 0 Å². The van der Waals surface area contributed by atoms with E-state index in [1.807, 2.05) is 0 Å². The smallest absolute Gasteiger partial charge is 0.328 e. The molecule has 0 spiro atoms. The summed E-state index contributed by atoms with van der Waals surface area (Å²) in [5.41, 5.74) is -1.05. The molecule has 2 heterocycles. The van der Waals surface area contributed by atoms with Crippen LogP contribution in [0.25, 0.3) is 0 Å². The van der Waals surface area contributed by atoms with Crippen molar-refractivity contribution in [1.29, 1.82) is 0 Å². The van der Waals surface area contributed by atoms with Gasteiger partial charge in [0.05, 0.1) is 12.2 Å². The lowest BCUT2D eigenvalue weighted by molar-refractivity contribution is -0.0234. The minimum absolute atomic E-state index is 0.0465. The van der Waals surface area contributed by atoms with Gasteiger partial charge in [-0.05, 0) is 19.3 Å². The molecular weight excluding hydrogens is 280 g/mol. The van der Waals surface area contributed by atoms with Gasteiger partial charge in [0.1, 0.15) is 24.4 Å². The Kier molecular flexibility index (Phi) is 3.70. The van der Waals surface area contributed by atoms with E-state index in [0.717, 1.165) is 19.3 Å². The number of nitrogens with one attached hydrogen (secondary N) is 1. The van der Waals surface area contributed by atoms with Crippen molar-refractivity contribution in [3.63, 3.8) is 0 Å². The van der Waals surface area contributed by atoms with Crippen molar-refractivity contribution in [2.45, 2.75) is 49.7 Å². The van der Waals surface area contributed by atoms with Crippen LogP contribution in [0.4, 0.5) is 0 Å². The summed E-state index contributed by atoms with van der Waals surface area (Å²) in [6.07, 6.45) is -0.464. The molecule has 1 aromatic rings. The topological polar surface area (TPSA) is 125 Å². The first-order chi connectivity index (χ1) is 10.0. The van der Waals surface area contributed by atoms with Crippen LogP contribution in [-0.2, 0) is 4.74 Å². The Bertz CT molecular complexity index is 634. The van der Waals surface area contributed by atoms with E-state index < -0.39 is 42.3 Å². The second-order valence-corrected chi connectivity index (χ2v) is 5.59. The van der Waals surface area contributed by atoms with Gasteiger partial charge in [0, 0.05) is 12.2 Å². The zero-order valence-electron chi connectivity index (χ0n) is 11.3. The van der Waals surface area contributed by atoms with Crippen molar-refractivity contribution in [3.8, 4) is 0 Å². The normalized spacial score (nSPS) is 33.1. The van der Waals surface area contributed by atoms with Crippen LogP contribution in [0.1, 0.15) is 37.0 Å². The first kappa shape index (κ1) is 14.5. The van der Waals surface area contributed by atoms with Crippen molar-refractivity contribution in [3.05, 3.63) is 32.6 Å². The highest BCUT2D eigenvalue weighted by molar-refractivity contribution is 5.15. The van der Waals surface area contributed by atoms with E-state index in [1.54, 1.807) is 0 Å². The fraction of sp³-hybridized carbons (Fsp3) is 0.692. The van der Waals surface area contributed by atoms with Gasteiger partial charge < -0.3 is 20.1 Å². The summed E-state index contributed by atoms with van der Waals surface area (Å²) in [5.74, 6) is 0. The highest BCUT2D eigenvalue weighted by Crippen LogP contribution is 2.33. The molecule has 0 aromatic carbocycles. The van der Waals surface area contributed by atoms with Gasteiger partial charge in [-0.25, -0.2) is 4.79 Å². The van der Waals surface area contributed by atoms with Crippen LogP contribution in [0.2, 0.25) is 0 Å². The number of aliphatic hydroxyl groups excluding tert-OH is 3. The average molecular weight is 298 g/mol. The van der Waals surface area contributed by atoms with Crippen molar-refractivity contribution >= 4 is 0 Å². The first-order valence-corrected chi connectivity index (χ1v) is 7.00. The minimum Gasteiger partial charge on any atom is -0.394 e. The molecule has 1 aromatic heterocycles. The number of hydrogen-bond donors (Lipinski definition) is 4. The maximum absolute atomic E-state index is 12.0. The van der Waals surface area contributed by atoms with E-state index in [0.29, 0.717) is 0 Å². The number of aliphatic hydroxyl groups is 3. The number of nitrogens with zero attached hydrogens (tertiary/aromatic N) is 1. The maximum atomic E-state index is 12.0. The summed E-state index contributed by atoms with van der Waals surface area (Å²) >= 11 is 0. The Morgan fingerprint density at radius 3 is 2.52 bits per heavy atom. The van der Waals surface area contributed by atoms with Gasteiger partial charge in [-0.3, -0.25) is 14.3 Å². The second-order valence-electron chi connectivity index (χ2n) is 5.59. The molecule has 21 heavy (non-hydrogen) atoms. The quantitative estimate of drug-likeness (QED) is 0.533. The van der Waals surface area contributed by atoms with E-state index in [4.69, 9.17) is 9.84 Å². The van der Waals surface area contributed by atoms with Crippen LogP contribution < -0.4 is 11.2 Å². The highest BCUT2D eigenvalue weighted by atomic mass is 16.6. The molecule has 4 N–H and O–H groups in total. The summed E-state index contributed by atoms with van der Waals surface area (Å²) in [7, 11) is 0. The summed E-state index contributed by atoms with van der Waals surface area (Å²) in [5, 5.41) is 28.8. The molecule has 1 aliphatic carbocycles. The van der Waals surface area contributed by atoms with Crippen LogP contribution in [0.15, 0.2) is 15.8 Å². The van der Waals surface area contributed by atoms with E-state index in [9.17, 15) is 19.8 Å². The minimum atomic E-state index is -1.32. The van der Waals surface area contributed by atoms with Crippen molar-refractivity contribution in [2.75, 3.05) is 6.61 Å². The van der Waals surface area contributed by atoms with Gasteiger partial charge in [0.15, 0.2) is 0 Å². The van der Waals surface area contributed by atoms with Crippen molar-refractivity contribution in [2.24, 2.45) is 0 Å². The van der Waals surface area contributed by atoms with Crippen molar-refractivity contribution < 1.29 is 20.1 Å². The second kappa shape index (κ2) is 5.38. The molecule has 8 heteroatoms. The summed E-state index contributed by atoms with van der Waals surface area (Å²) < 4.78 is 6.78. The Balaban J connectivity index is 1.98. The van der Waals surface area contributed by atoms with Crippen LogP contribution in [0, 0.1) is 0 Å². The number of aromatic amines is 1. The number of ether oxygens (including phenoxy) is 1. The summed E-state index contributed by atoms with van der Waals surface area (Å²) in [6, 6.07) is 0.0465. The summed E-state index contributed by atoms with van der Waals surface area (Å²) in [6.45, 7) is -0.463. The molecular formula is C13H18N2O6. The van der Waals surface area contributed by atoms with Gasteiger partial charge >= 0.3 is 5.69 Å². The molecule has 2 unspecified atom stereocenters. The lowest BCUT2D eigenvalue weighted by Gasteiger charge is -2.28. The third-order valence-electron chi connectivity index (χ3n) is 4.31. The zero-order chi connectivity index (χ0) is 15.1. The zero-order valence-corrected chi connectivity index (χ0v) is 11.3. The standard InChI is InChI=1S/C13H18N2O6/c16-5-8-9(17)10(18)11(21-8)7-4-15(6-2-1-3-6)13(20)14-12(7)19/h4,6,8-11,16-18H,1-3,5H2,(H,14,19,20)/t8-,9?,10?,11+/m1/s1. The molecule has 8 nitrogen and oxygen atoms in total. The molecule has 0 amide bonds. The Morgan fingerprint density at radius 2 is 2.00 bits per heavy atom. The van der Waals surface area contributed by atoms with Crippen molar-refractivity contribution in [1.82, 2.24) is 9.55 Å². The molecule has 0 bridgehead atoms. The lowest BCUT2D eigenvalue weighted by Crippen LogP contribution is -2.38. The van der Waals surface area contributed by atoms with E-state index in [2.05, 4.69) is 4.98 Å². The van der Waals surface area contributed by atoms with E-state index >= 15 is 0 Å². The molecule has 1 saturated carbocycles. The molecule has 1 aliphatic heterocycles. The van der Waals surface area contributed by atoms with Crippen LogP contribution in [0.5, 0.6) is 0 Å². The molecule has 0 radical (unpaired) electrons. The Hall–Kier alpha value is -1.48. The van der Waals surface area contributed by atoms with Gasteiger partial charge in [-0.1, -0.05) is 0 Å². The molecule has 1 saturated heterocycles. The molecule has 4 atom stereocenters. The lowest BCUT2D eigenvalue weighted by atomic mass is 9.92. The predicted octanol–water partition coefficient (Wildman–Crippen LogP) is -1.58. The third-order valence-corrected chi connectivity index (χ3v) is 4.31. The number of rotatable bonds is 3. The molecule has 3 rings (SSSR count).